The molecule has 0 aliphatic rings. The Morgan fingerprint density at radius 1 is 1.25 bits per heavy atom. The van der Waals surface area contributed by atoms with Gasteiger partial charge in [-0.05, 0) is 18.4 Å². The van der Waals surface area contributed by atoms with Crippen LogP contribution in [0.25, 0.3) is 0 Å². The van der Waals surface area contributed by atoms with Crippen LogP contribution < -0.4 is 0 Å². The van der Waals surface area contributed by atoms with Gasteiger partial charge in [0.15, 0.2) is 0 Å². The molecule has 0 fully saturated rings. The fraction of sp³-hybridized carbons (Fsp3) is 0.400. The van der Waals surface area contributed by atoms with Crippen molar-refractivity contribution in [3.8, 4) is 0 Å². The molecule has 1 aromatic rings. The fourth-order valence-corrected chi connectivity index (χ4v) is 1.11. The lowest BCUT2D eigenvalue weighted by Crippen LogP contribution is -1.97. The van der Waals surface area contributed by atoms with Gasteiger partial charge >= 0.3 is 0 Å². The standard InChI is InChI=1S/C10H13FO/c11-8-4-7-10(12)9-5-2-1-3-6-9/h1-3,5-6,10,12H,4,7-8H2. The molecule has 0 aromatic heterocycles. The van der Waals surface area contributed by atoms with E-state index in [0.717, 1.165) is 5.56 Å². The van der Waals surface area contributed by atoms with Gasteiger partial charge in [-0.3, -0.25) is 4.39 Å². The largest absolute Gasteiger partial charge is 0.388 e. The molecule has 0 radical (unpaired) electrons. The van der Waals surface area contributed by atoms with E-state index >= 15 is 0 Å². The molecule has 1 N–H and O–H groups in total. The number of aliphatic hydroxyl groups excluding tert-OH is 1. The lowest BCUT2D eigenvalue weighted by molar-refractivity contribution is 0.161. The minimum Gasteiger partial charge on any atom is -0.388 e. The summed E-state index contributed by atoms with van der Waals surface area (Å²) in [6.07, 6.45) is 0.415. The van der Waals surface area contributed by atoms with Crippen molar-refractivity contribution >= 4 is 0 Å². The summed E-state index contributed by atoms with van der Waals surface area (Å²) in [5.74, 6) is 0. The molecule has 0 spiro atoms. The first-order chi connectivity index (χ1) is 5.84. The number of benzene rings is 1. The molecule has 1 aromatic carbocycles. The van der Waals surface area contributed by atoms with E-state index in [2.05, 4.69) is 0 Å². The first kappa shape index (κ1) is 9.20. The predicted octanol–water partition coefficient (Wildman–Crippen LogP) is 2.47. The first-order valence-electron chi connectivity index (χ1n) is 4.13. The maximum Gasteiger partial charge on any atom is 0.0895 e. The van der Waals surface area contributed by atoms with Crippen LogP contribution in [-0.2, 0) is 0 Å². The lowest BCUT2D eigenvalue weighted by Gasteiger charge is -2.08. The van der Waals surface area contributed by atoms with Crippen molar-refractivity contribution in [1.82, 2.24) is 0 Å². The highest BCUT2D eigenvalue weighted by Gasteiger charge is 2.04. The molecule has 0 amide bonds. The summed E-state index contributed by atoms with van der Waals surface area (Å²) in [5.41, 5.74) is 0.867. The van der Waals surface area contributed by atoms with E-state index in [1.165, 1.54) is 0 Å². The molecule has 2 heteroatoms. The topological polar surface area (TPSA) is 20.2 Å². The number of hydrogen-bond acceptors (Lipinski definition) is 1. The Balaban J connectivity index is 2.48. The molecule has 0 heterocycles. The van der Waals surface area contributed by atoms with Crippen LogP contribution in [0.15, 0.2) is 30.3 Å². The monoisotopic (exact) mass is 168 g/mol. The summed E-state index contributed by atoms with van der Waals surface area (Å²) in [5, 5.41) is 9.48. The highest BCUT2D eigenvalue weighted by atomic mass is 19.1. The Morgan fingerprint density at radius 2 is 1.92 bits per heavy atom. The molecule has 1 unspecified atom stereocenters. The van der Waals surface area contributed by atoms with Crippen LogP contribution in [-0.4, -0.2) is 11.8 Å². The third kappa shape index (κ3) is 2.62. The van der Waals surface area contributed by atoms with Crippen molar-refractivity contribution in [2.24, 2.45) is 0 Å². The molecule has 1 nitrogen and oxygen atoms in total. The second-order valence-corrected chi connectivity index (χ2v) is 2.76. The highest BCUT2D eigenvalue weighted by molar-refractivity contribution is 5.16. The Hall–Kier alpha value is -0.890. The van der Waals surface area contributed by atoms with E-state index in [9.17, 15) is 9.50 Å². The Morgan fingerprint density at radius 3 is 2.50 bits per heavy atom. The maximum absolute atomic E-state index is 11.8. The molecular weight excluding hydrogens is 155 g/mol. The van der Waals surface area contributed by atoms with Crippen LogP contribution in [0, 0.1) is 0 Å². The fourth-order valence-electron chi connectivity index (χ4n) is 1.11. The van der Waals surface area contributed by atoms with Crippen LogP contribution in [0.5, 0.6) is 0 Å². The molecule has 0 aliphatic carbocycles. The van der Waals surface area contributed by atoms with Gasteiger partial charge in [-0.2, -0.15) is 0 Å². The lowest BCUT2D eigenvalue weighted by atomic mass is 10.1. The quantitative estimate of drug-likeness (QED) is 0.732. The van der Waals surface area contributed by atoms with Gasteiger partial charge in [0.05, 0.1) is 12.8 Å². The van der Waals surface area contributed by atoms with Gasteiger partial charge in [0.25, 0.3) is 0 Å². The van der Waals surface area contributed by atoms with E-state index in [0.29, 0.717) is 12.8 Å². The molecule has 12 heavy (non-hydrogen) atoms. The first-order valence-corrected chi connectivity index (χ1v) is 4.13. The van der Waals surface area contributed by atoms with Crippen molar-refractivity contribution in [3.05, 3.63) is 35.9 Å². The Bertz CT molecular complexity index is 210. The SMILES string of the molecule is OC(CCCF)c1ccccc1. The zero-order chi connectivity index (χ0) is 8.81. The molecule has 1 rings (SSSR count). The van der Waals surface area contributed by atoms with Crippen LogP contribution >= 0.6 is 0 Å². The van der Waals surface area contributed by atoms with E-state index in [-0.39, 0.29) is 6.67 Å². The van der Waals surface area contributed by atoms with Gasteiger partial charge in [0, 0.05) is 0 Å². The second kappa shape index (κ2) is 4.88. The Labute approximate surface area is 71.9 Å². The van der Waals surface area contributed by atoms with Crippen LogP contribution in [0.3, 0.4) is 0 Å². The summed E-state index contributed by atoms with van der Waals surface area (Å²) < 4.78 is 11.8. The molecule has 66 valence electrons. The molecule has 0 saturated heterocycles. The van der Waals surface area contributed by atoms with Gasteiger partial charge in [0.1, 0.15) is 0 Å². The molecule has 0 bridgehead atoms. The number of alkyl halides is 1. The minimum atomic E-state index is -0.512. The van der Waals surface area contributed by atoms with Crippen molar-refractivity contribution in [2.45, 2.75) is 18.9 Å². The predicted molar refractivity (Wildman–Crippen MR) is 46.6 cm³/mol. The summed E-state index contributed by atoms with van der Waals surface area (Å²) >= 11 is 0. The number of aliphatic hydroxyl groups is 1. The average Bonchev–Trinajstić information content (AvgIpc) is 2.15. The summed E-state index contributed by atoms with van der Waals surface area (Å²) in [6.45, 7) is -0.357. The molecule has 0 aliphatic heterocycles. The number of rotatable bonds is 4. The number of hydrogen-bond donors (Lipinski definition) is 1. The molecular formula is C10H13FO. The molecule has 1 atom stereocenters. The zero-order valence-corrected chi connectivity index (χ0v) is 6.91. The second-order valence-electron chi connectivity index (χ2n) is 2.76. The van der Waals surface area contributed by atoms with Gasteiger partial charge in [0.2, 0.25) is 0 Å². The summed E-state index contributed by atoms with van der Waals surface area (Å²) in [6, 6.07) is 9.33. The van der Waals surface area contributed by atoms with Crippen molar-refractivity contribution in [1.29, 1.82) is 0 Å². The van der Waals surface area contributed by atoms with Crippen LogP contribution in [0.1, 0.15) is 24.5 Å². The van der Waals surface area contributed by atoms with Gasteiger partial charge in [-0.15, -0.1) is 0 Å². The van der Waals surface area contributed by atoms with E-state index < -0.39 is 6.10 Å². The third-order valence-electron chi connectivity index (χ3n) is 1.80. The van der Waals surface area contributed by atoms with E-state index in [4.69, 9.17) is 0 Å². The maximum atomic E-state index is 11.8. The number of halogens is 1. The van der Waals surface area contributed by atoms with Gasteiger partial charge < -0.3 is 5.11 Å². The van der Waals surface area contributed by atoms with Crippen LogP contribution in [0.2, 0.25) is 0 Å². The normalized spacial score (nSPS) is 12.8. The minimum absolute atomic E-state index is 0.357. The van der Waals surface area contributed by atoms with Crippen molar-refractivity contribution < 1.29 is 9.50 Å². The van der Waals surface area contributed by atoms with Gasteiger partial charge in [-0.1, -0.05) is 30.3 Å². The van der Waals surface area contributed by atoms with Crippen molar-refractivity contribution in [2.75, 3.05) is 6.67 Å². The molecule has 0 saturated carbocycles. The summed E-state index contributed by atoms with van der Waals surface area (Å²) in [4.78, 5) is 0. The van der Waals surface area contributed by atoms with E-state index in [1.807, 2.05) is 30.3 Å². The smallest absolute Gasteiger partial charge is 0.0895 e. The van der Waals surface area contributed by atoms with Gasteiger partial charge in [-0.25, -0.2) is 0 Å². The third-order valence-corrected chi connectivity index (χ3v) is 1.80. The highest BCUT2D eigenvalue weighted by Crippen LogP contribution is 2.17. The van der Waals surface area contributed by atoms with E-state index in [1.54, 1.807) is 0 Å². The Kier molecular flexibility index (Phi) is 3.74. The zero-order valence-electron chi connectivity index (χ0n) is 6.91. The van der Waals surface area contributed by atoms with Crippen LogP contribution in [0.4, 0.5) is 4.39 Å². The summed E-state index contributed by atoms with van der Waals surface area (Å²) in [7, 11) is 0. The average molecular weight is 168 g/mol. The van der Waals surface area contributed by atoms with Crippen molar-refractivity contribution in [3.63, 3.8) is 0 Å².